The second-order valence-corrected chi connectivity index (χ2v) is 8.18. The number of halogens is 1. The highest BCUT2D eigenvalue weighted by Gasteiger charge is 2.49. The lowest BCUT2D eigenvalue weighted by Crippen LogP contribution is -2.39. The Morgan fingerprint density at radius 3 is 2.57 bits per heavy atom. The second kappa shape index (κ2) is 6.43. The molecule has 2 aromatic carbocycles. The van der Waals surface area contributed by atoms with Crippen LogP contribution in [-0.2, 0) is 15.1 Å². The van der Waals surface area contributed by atoms with Crippen molar-refractivity contribution in [2.75, 3.05) is 0 Å². The average Bonchev–Trinajstić information content (AvgIpc) is 3.41. The summed E-state index contributed by atoms with van der Waals surface area (Å²) in [6, 6.07) is 14.3. The van der Waals surface area contributed by atoms with Gasteiger partial charge in [-0.1, -0.05) is 36.4 Å². The van der Waals surface area contributed by atoms with E-state index in [4.69, 9.17) is 4.74 Å². The molecule has 2 aliphatic carbocycles. The van der Waals surface area contributed by atoms with Crippen molar-refractivity contribution in [1.29, 1.82) is 0 Å². The van der Waals surface area contributed by atoms with Crippen LogP contribution in [0, 0.1) is 11.7 Å². The lowest BCUT2D eigenvalue weighted by atomic mass is 9.74. The molecular weight excluding hydrogens is 357 g/mol. The summed E-state index contributed by atoms with van der Waals surface area (Å²) in [6.07, 6.45) is 3.48. The van der Waals surface area contributed by atoms with Gasteiger partial charge in [0.15, 0.2) is 0 Å². The van der Waals surface area contributed by atoms with Crippen LogP contribution >= 0.6 is 0 Å². The van der Waals surface area contributed by atoms with Gasteiger partial charge in [-0.15, -0.1) is 0 Å². The first-order valence-corrected chi connectivity index (χ1v) is 9.95. The van der Waals surface area contributed by atoms with Crippen LogP contribution in [0.3, 0.4) is 0 Å². The van der Waals surface area contributed by atoms with Crippen LogP contribution in [-0.4, -0.2) is 17.9 Å². The molecule has 144 valence electrons. The van der Waals surface area contributed by atoms with Gasteiger partial charge in [0.2, 0.25) is 5.91 Å². The summed E-state index contributed by atoms with van der Waals surface area (Å²) in [7, 11) is 0. The predicted octanol–water partition coefficient (Wildman–Crippen LogP) is 4.05. The van der Waals surface area contributed by atoms with E-state index in [2.05, 4.69) is 5.32 Å². The molecule has 5 heteroatoms. The van der Waals surface area contributed by atoms with Crippen LogP contribution in [0.4, 0.5) is 4.39 Å². The minimum Gasteiger partial charge on any atom is -0.451 e. The van der Waals surface area contributed by atoms with Gasteiger partial charge in [0.1, 0.15) is 11.4 Å². The number of carbonyl (C=O) groups excluding carboxylic acids is 2. The van der Waals surface area contributed by atoms with Gasteiger partial charge >= 0.3 is 5.97 Å². The molecule has 28 heavy (non-hydrogen) atoms. The molecule has 0 unspecified atom stereocenters. The SMILES string of the molecule is O=C1OC2(CCC(C(=O)N[C@@H]3C[C@H]3c3ccccc3F)CC2)c2ccccc21. The maximum absolute atomic E-state index is 13.9. The standard InChI is InChI=1S/C23H22FNO3/c24-19-8-4-2-5-15(19)17-13-20(17)25-21(26)14-9-11-23(12-10-14)18-7-3-1-6-16(18)22(27)28-23/h1-8,14,17,20H,9-13H2,(H,25,26)/t14?,17-,20+,23?/m0/s1. The fourth-order valence-corrected chi connectivity index (χ4v) is 4.84. The zero-order chi connectivity index (χ0) is 19.3. The predicted molar refractivity (Wildman–Crippen MR) is 101 cm³/mol. The molecule has 0 aromatic heterocycles. The Morgan fingerprint density at radius 1 is 1.07 bits per heavy atom. The molecule has 1 spiro atoms. The smallest absolute Gasteiger partial charge is 0.339 e. The Balaban J connectivity index is 1.21. The van der Waals surface area contributed by atoms with Crippen molar-refractivity contribution in [1.82, 2.24) is 5.32 Å². The molecule has 5 rings (SSSR count). The highest BCUT2D eigenvalue weighted by molar-refractivity contribution is 5.94. The van der Waals surface area contributed by atoms with Crippen LogP contribution in [0.15, 0.2) is 48.5 Å². The van der Waals surface area contributed by atoms with Crippen molar-refractivity contribution in [3.05, 3.63) is 71.0 Å². The van der Waals surface area contributed by atoms with Crippen LogP contribution in [0.1, 0.15) is 59.5 Å². The summed E-state index contributed by atoms with van der Waals surface area (Å²) in [4.78, 5) is 24.9. The van der Waals surface area contributed by atoms with Crippen LogP contribution < -0.4 is 5.32 Å². The van der Waals surface area contributed by atoms with Crippen molar-refractivity contribution in [3.8, 4) is 0 Å². The lowest BCUT2D eigenvalue weighted by Gasteiger charge is -2.36. The number of nitrogens with one attached hydrogen (secondary N) is 1. The van der Waals surface area contributed by atoms with E-state index in [1.54, 1.807) is 18.2 Å². The lowest BCUT2D eigenvalue weighted by molar-refractivity contribution is -0.128. The highest BCUT2D eigenvalue weighted by Crippen LogP contribution is 2.48. The molecule has 1 N–H and O–H groups in total. The van der Waals surface area contributed by atoms with E-state index in [-0.39, 0.29) is 35.6 Å². The van der Waals surface area contributed by atoms with Gasteiger partial charge in [-0.25, -0.2) is 9.18 Å². The molecule has 0 bridgehead atoms. The van der Waals surface area contributed by atoms with Gasteiger partial charge in [0.25, 0.3) is 0 Å². The maximum atomic E-state index is 13.9. The zero-order valence-corrected chi connectivity index (χ0v) is 15.5. The molecule has 2 aromatic rings. The van der Waals surface area contributed by atoms with E-state index >= 15 is 0 Å². The first-order chi connectivity index (χ1) is 13.6. The average molecular weight is 379 g/mol. The number of amides is 1. The van der Waals surface area contributed by atoms with Crippen LogP contribution in [0.25, 0.3) is 0 Å². The number of rotatable bonds is 3. The molecule has 1 aliphatic heterocycles. The van der Waals surface area contributed by atoms with Gasteiger partial charge < -0.3 is 10.1 Å². The van der Waals surface area contributed by atoms with Gasteiger partial charge in [0, 0.05) is 23.4 Å². The van der Waals surface area contributed by atoms with E-state index < -0.39 is 5.60 Å². The van der Waals surface area contributed by atoms with Crippen molar-refractivity contribution >= 4 is 11.9 Å². The molecule has 2 fully saturated rings. The first-order valence-electron chi connectivity index (χ1n) is 9.95. The van der Waals surface area contributed by atoms with Crippen LogP contribution in [0.5, 0.6) is 0 Å². The quantitative estimate of drug-likeness (QED) is 0.819. The molecule has 0 saturated heterocycles. The minimum absolute atomic E-state index is 0.0188. The third-order valence-corrected chi connectivity index (χ3v) is 6.51. The maximum Gasteiger partial charge on any atom is 0.339 e. The normalized spacial score (nSPS) is 30.6. The fraction of sp³-hybridized carbons (Fsp3) is 0.391. The van der Waals surface area contributed by atoms with E-state index in [9.17, 15) is 14.0 Å². The summed E-state index contributed by atoms with van der Waals surface area (Å²) >= 11 is 0. The van der Waals surface area contributed by atoms with Gasteiger partial charge in [-0.05, 0) is 49.8 Å². The van der Waals surface area contributed by atoms with Gasteiger partial charge in [-0.2, -0.15) is 0 Å². The Kier molecular flexibility index (Phi) is 4.00. The third kappa shape index (κ3) is 2.81. The molecule has 0 radical (unpaired) electrons. The summed E-state index contributed by atoms with van der Waals surface area (Å²) in [5, 5.41) is 3.09. The summed E-state index contributed by atoms with van der Waals surface area (Å²) in [6.45, 7) is 0. The number of fused-ring (bicyclic) bond motifs is 2. The molecular formula is C23H22FNO3. The summed E-state index contributed by atoms with van der Waals surface area (Å²) in [5.74, 6) is -0.437. The topological polar surface area (TPSA) is 55.4 Å². The number of hydrogen-bond acceptors (Lipinski definition) is 3. The molecule has 2 atom stereocenters. The molecule has 2 saturated carbocycles. The highest BCUT2D eigenvalue weighted by atomic mass is 19.1. The van der Waals surface area contributed by atoms with E-state index in [1.165, 1.54) is 6.07 Å². The molecule has 4 nitrogen and oxygen atoms in total. The summed E-state index contributed by atoms with van der Waals surface area (Å²) < 4.78 is 19.7. The Hall–Kier alpha value is -2.69. The number of ether oxygens (including phenoxy) is 1. The van der Waals surface area contributed by atoms with E-state index in [0.717, 1.165) is 12.0 Å². The monoisotopic (exact) mass is 379 g/mol. The third-order valence-electron chi connectivity index (χ3n) is 6.51. The van der Waals surface area contributed by atoms with Crippen molar-refractivity contribution < 1.29 is 18.7 Å². The molecule has 3 aliphatic rings. The first kappa shape index (κ1) is 17.4. The van der Waals surface area contributed by atoms with Gasteiger partial charge in [-0.3, -0.25) is 4.79 Å². The van der Waals surface area contributed by atoms with Crippen molar-refractivity contribution in [2.45, 2.75) is 49.7 Å². The Bertz CT molecular complexity index is 948. The second-order valence-electron chi connectivity index (χ2n) is 8.18. The minimum atomic E-state index is -0.570. The number of benzene rings is 2. The molecule has 1 amide bonds. The Labute approximate surface area is 163 Å². The number of esters is 1. The van der Waals surface area contributed by atoms with Crippen molar-refractivity contribution in [2.24, 2.45) is 5.92 Å². The van der Waals surface area contributed by atoms with Crippen LogP contribution in [0.2, 0.25) is 0 Å². The van der Waals surface area contributed by atoms with E-state index in [0.29, 0.717) is 36.8 Å². The largest absolute Gasteiger partial charge is 0.451 e. The summed E-state index contributed by atoms with van der Waals surface area (Å²) in [5.41, 5.74) is 1.72. The van der Waals surface area contributed by atoms with Gasteiger partial charge in [0.05, 0.1) is 5.56 Å². The zero-order valence-electron chi connectivity index (χ0n) is 15.5. The van der Waals surface area contributed by atoms with Crippen molar-refractivity contribution in [3.63, 3.8) is 0 Å². The molecule has 1 heterocycles. The Morgan fingerprint density at radius 2 is 1.79 bits per heavy atom. The number of carbonyl (C=O) groups is 2. The fourth-order valence-electron chi connectivity index (χ4n) is 4.84. The van der Waals surface area contributed by atoms with E-state index in [1.807, 2.05) is 24.3 Å². The number of hydrogen-bond donors (Lipinski definition) is 1.